The van der Waals surface area contributed by atoms with Crippen LogP contribution in [0.15, 0.2) is 42.5 Å². The van der Waals surface area contributed by atoms with Crippen molar-refractivity contribution < 1.29 is 33.4 Å². The van der Waals surface area contributed by atoms with Gasteiger partial charge in [0.15, 0.2) is 24.0 Å². The molecule has 1 amide bonds. The molecule has 0 saturated carbocycles. The highest BCUT2D eigenvalue weighted by Gasteiger charge is 2.12. The van der Waals surface area contributed by atoms with Gasteiger partial charge in [-0.1, -0.05) is 12.1 Å². The van der Waals surface area contributed by atoms with Gasteiger partial charge in [0.2, 0.25) is 5.91 Å². The van der Waals surface area contributed by atoms with Gasteiger partial charge in [0.1, 0.15) is 5.75 Å². The first kappa shape index (κ1) is 20.9. The molecular weight excluding hydrogens is 369 g/mol. The van der Waals surface area contributed by atoms with Crippen molar-refractivity contribution in [2.45, 2.75) is 19.4 Å². The van der Waals surface area contributed by atoms with E-state index in [1.165, 1.54) is 19.2 Å². The molecular formula is C20H20FNO6. The van der Waals surface area contributed by atoms with E-state index >= 15 is 0 Å². The number of hydrogen-bond donors (Lipinski definition) is 2. The minimum absolute atomic E-state index is 0.0400. The van der Waals surface area contributed by atoms with Crippen LogP contribution < -0.4 is 14.8 Å². The quantitative estimate of drug-likeness (QED) is 0.606. The number of aliphatic carboxylic acids is 1. The monoisotopic (exact) mass is 389 g/mol. The number of hydrogen-bond acceptors (Lipinski definition) is 5. The van der Waals surface area contributed by atoms with Gasteiger partial charge in [-0.25, -0.2) is 9.18 Å². The number of methoxy groups -OCH3 is 1. The standard InChI is InChI=1S/C20H20FNO6/c1-27-18-7-5-14(10-16(18)21)17(23)6-8-19(24)22-11-13-3-2-4-15(9-13)28-12-20(25)26/h2-5,7,9-10H,6,8,11-12H2,1H3,(H,22,24)(H,25,26). The van der Waals surface area contributed by atoms with Gasteiger partial charge >= 0.3 is 5.97 Å². The average Bonchev–Trinajstić information content (AvgIpc) is 2.69. The molecule has 0 radical (unpaired) electrons. The van der Waals surface area contributed by atoms with Crippen molar-refractivity contribution in [3.05, 3.63) is 59.4 Å². The van der Waals surface area contributed by atoms with E-state index in [1.807, 2.05) is 0 Å². The maximum Gasteiger partial charge on any atom is 0.341 e. The zero-order valence-electron chi connectivity index (χ0n) is 15.2. The lowest BCUT2D eigenvalue weighted by molar-refractivity contribution is -0.139. The van der Waals surface area contributed by atoms with Gasteiger partial charge in [-0.15, -0.1) is 0 Å². The Hall–Kier alpha value is -3.42. The summed E-state index contributed by atoms with van der Waals surface area (Å²) in [6.45, 7) is -0.252. The van der Waals surface area contributed by atoms with E-state index in [2.05, 4.69) is 5.32 Å². The van der Waals surface area contributed by atoms with Crippen LogP contribution in [0.4, 0.5) is 4.39 Å². The van der Waals surface area contributed by atoms with Crippen LogP contribution in [0.5, 0.6) is 11.5 Å². The largest absolute Gasteiger partial charge is 0.494 e. The highest BCUT2D eigenvalue weighted by molar-refractivity contribution is 5.98. The fraction of sp³-hybridized carbons (Fsp3) is 0.250. The first-order valence-electron chi connectivity index (χ1n) is 8.46. The van der Waals surface area contributed by atoms with Crippen LogP contribution in [0.1, 0.15) is 28.8 Å². The molecule has 2 aromatic carbocycles. The van der Waals surface area contributed by atoms with Crippen LogP contribution in [-0.4, -0.2) is 36.5 Å². The third-order valence-corrected chi connectivity index (χ3v) is 3.80. The molecule has 28 heavy (non-hydrogen) atoms. The number of carboxylic acids is 1. The summed E-state index contributed by atoms with van der Waals surface area (Å²) in [6, 6.07) is 10.6. The number of halogens is 1. The lowest BCUT2D eigenvalue weighted by atomic mass is 10.1. The lowest BCUT2D eigenvalue weighted by Crippen LogP contribution is -2.23. The molecule has 0 atom stereocenters. The summed E-state index contributed by atoms with van der Waals surface area (Å²) in [4.78, 5) is 34.6. The number of Topliss-reactive ketones (excluding diaryl/α,β-unsaturated/α-hetero) is 1. The fourth-order valence-corrected chi connectivity index (χ4v) is 2.39. The molecule has 0 saturated heterocycles. The van der Waals surface area contributed by atoms with Crippen molar-refractivity contribution in [3.63, 3.8) is 0 Å². The lowest BCUT2D eigenvalue weighted by Gasteiger charge is -2.08. The Bertz CT molecular complexity index is 868. The Balaban J connectivity index is 1.81. The zero-order chi connectivity index (χ0) is 20.5. The molecule has 2 aromatic rings. The fourth-order valence-electron chi connectivity index (χ4n) is 2.39. The summed E-state index contributed by atoms with van der Waals surface area (Å²) < 4.78 is 23.5. The maximum absolute atomic E-state index is 13.7. The maximum atomic E-state index is 13.7. The molecule has 0 fully saturated rings. The summed E-state index contributed by atoms with van der Waals surface area (Å²) in [7, 11) is 1.33. The van der Waals surface area contributed by atoms with Crippen molar-refractivity contribution in [2.75, 3.05) is 13.7 Å². The summed E-state index contributed by atoms with van der Waals surface area (Å²) in [5, 5.41) is 11.3. The molecule has 8 heteroatoms. The molecule has 7 nitrogen and oxygen atoms in total. The second-order valence-electron chi connectivity index (χ2n) is 5.88. The van der Waals surface area contributed by atoms with Crippen LogP contribution in [0.3, 0.4) is 0 Å². The number of benzene rings is 2. The van der Waals surface area contributed by atoms with E-state index in [0.29, 0.717) is 5.75 Å². The van der Waals surface area contributed by atoms with Gasteiger partial charge in [0.25, 0.3) is 0 Å². The number of carboxylic acid groups (broad SMARTS) is 1. The van der Waals surface area contributed by atoms with Gasteiger partial charge in [0.05, 0.1) is 7.11 Å². The van der Waals surface area contributed by atoms with Crippen molar-refractivity contribution in [3.8, 4) is 11.5 Å². The third kappa shape index (κ3) is 6.39. The minimum Gasteiger partial charge on any atom is -0.494 e. The van der Waals surface area contributed by atoms with Crippen molar-refractivity contribution in [1.82, 2.24) is 5.32 Å². The molecule has 0 bridgehead atoms. The van der Waals surface area contributed by atoms with Gasteiger partial charge in [0, 0.05) is 24.9 Å². The minimum atomic E-state index is -1.08. The Morgan fingerprint density at radius 3 is 2.57 bits per heavy atom. The number of ether oxygens (including phenoxy) is 2. The molecule has 0 aromatic heterocycles. The third-order valence-electron chi connectivity index (χ3n) is 3.80. The van der Waals surface area contributed by atoms with E-state index in [9.17, 15) is 18.8 Å². The van der Waals surface area contributed by atoms with Crippen molar-refractivity contribution in [1.29, 1.82) is 0 Å². The molecule has 0 aliphatic rings. The highest BCUT2D eigenvalue weighted by Crippen LogP contribution is 2.19. The number of carbonyl (C=O) groups is 3. The number of amides is 1. The topological polar surface area (TPSA) is 102 Å². The smallest absolute Gasteiger partial charge is 0.341 e. The number of nitrogens with one attached hydrogen (secondary N) is 1. The van der Waals surface area contributed by atoms with Crippen LogP contribution in [-0.2, 0) is 16.1 Å². The Morgan fingerprint density at radius 2 is 1.89 bits per heavy atom. The first-order valence-corrected chi connectivity index (χ1v) is 8.46. The van der Waals surface area contributed by atoms with Gasteiger partial charge in [-0.2, -0.15) is 0 Å². The second-order valence-corrected chi connectivity index (χ2v) is 5.88. The summed E-state index contributed by atoms with van der Waals surface area (Å²) in [5.74, 6) is -1.97. The van der Waals surface area contributed by atoms with Crippen LogP contribution in [0.25, 0.3) is 0 Å². The zero-order valence-corrected chi connectivity index (χ0v) is 15.2. The normalized spacial score (nSPS) is 10.2. The van der Waals surface area contributed by atoms with Crippen LogP contribution in [0.2, 0.25) is 0 Å². The molecule has 0 aliphatic carbocycles. The molecule has 0 unspecified atom stereocenters. The number of ketones is 1. The van der Waals surface area contributed by atoms with E-state index in [4.69, 9.17) is 14.6 Å². The molecule has 0 heterocycles. The molecule has 148 valence electrons. The predicted octanol–water partition coefficient (Wildman–Crippen LogP) is 2.58. The van der Waals surface area contributed by atoms with Crippen LogP contribution in [0, 0.1) is 5.82 Å². The summed E-state index contributed by atoms with van der Waals surface area (Å²) in [6.07, 6.45) is -0.0962. The van der Waals surface area contributed by atoms with E-state index in [-0.39, 0.29) is 42.4 Å². The highest BCUT2D eigenvalue weighted by atomic mass is 19.1. The first-order chi connectivity index (χ1) is 13.4. The average molecular weight is 389 g/mol. The van der Waals surface area contributed by atoms with Crippen molar-refractivity contribution in [2.24, 2.45) is 0 Å². The number of carbonyl (C=O) groups excluding carboxylic acids is 2. The van der Waals surface area contributed by atoms with E-state index in [0.717, 1.165) is 11.6 Å². The Labute approximate surface area is 161 Å². The SMILES string of the molecule is COc1ccc(C(=O)CCC(=O)NCc2cccc(OCC(=O)O)c2)cc1F. The molecule has 2 N–H and O–H groups in total. The van der Waals surface area contributed by atoms with Gasteiger partial charge in [-0.05, 0) is 35.9 Å². The van der Waals surface area contributed by atoms with E-state index < -0.39 is 18.4 Å². The Kier molecular flexibility index (Phi) is 7.50. The van der Waals surface area contributed by atoms with Crippen molar-refractivity contribution >= 4 is 17.7 Å². The van der Waals surface area contributed by atoms with E-state index in [1.54, 1.807) is 24.3 Å². The van der Waals surface area contributed by atoms with Gasteiger partial charge in [-0.3, -0.25) is 9.59 Å². The molecule has 2 rings (SSSR count). The molecule has 0 spiro atoms. The molecule has 0 aliphatic heterocycles. The summed E-state index contributed by atoms with van der Waals surface area (Å²) in [5.41, 5.74) is 0.897. The van der Waals surface area contributed by atoms with Gasteiger partial charge < -0.3 is 19.9 Å². The number of rotatable bonds is 10. The van der Waals surface area contributed by atoms with Crippen LogP contribution >= 0.6 is 0 Å². The predicted molar refractivity (Wildman–Crippen MR) is 97.9 cm³/mol. The summed E-state index contributed by atoms with van der Waals surface area (Å²) >= 11 is 0. The Morgan fingerprint density at radius 1 is 1.11 bits per heavy atom. The second kappa shape index (κ2) is 10.1.